The lowest BCUT2D eigenvalue weighted by molar-refractivity contribution is 0.423. The summed E-state index contributed by atoms with van der Waals surface area (Å²) < 4.78 is 0. The summed E-state index contributed by atoms with van der Waals surface area (Å²) in [4.78, 5) is 14.6. The van der Waals surface area contributed by atoms with Crippen molar-refractivity contribution in [2.45, 2.75) is 205 Å². The van der Waals surface area contributed by atoms with Gasteiger partial charge in [0, 0.05) is 28.3 Å². The fourth-order valence-electron chi connectivity index (χ4n) is 6.01. The van der Waals surface area contributed by atoms with Gasteiger partial charge in [-0.3, -0.25) is 0 Å². The molecular weight excluding hydrogens is 629 g/mol. The third-order valence-electron chi connectivity index (χ3n) is 9.03. The molecule has 0 unspecified atom stereocenters. The normalized spacial score (nSPS) is 12.2. The number of benzene rings is 1. The topological polar surface area (TPSA) is 70.9 Å². The van der Waals surface area contributed by atoms with Gasteiger partial charge in [-0.05, 0) is 35.8 Å². The molecule has 0 amide bonds. The Labute approximate surface area is 304 Å². The van der Waals surface area contributed by atoms with Gasteiger partial charge in [0.05, 0.1) is 0 Å². The van der Waals surface area contributed by atoms with Crippen LogP contribution in [-0.4, -0.2) is 31.6 Å². The average molecular weight is 701 g/mol. The van der Waals surface area contributed by atoms with Gasteiger partial charge in [0.15, 0.2) is 10.3 Å². The molecule has 7 heteroatoms. The predicted molar refractivity (Wildman–Crippen MR) is 214 cm³/mol. The number of rotatable bonds is 26. The van der Waals surface area contributed by atoms with E-state index >= 15 is 0 Å². The third kappa shape index (κ3) is 18.0. The second-order valence-corrected chi connectivity index (χ2v) is 18.0. The third-order valence-corrected chi connectivity index (χ3v) is 10.9. The van der Waals surface area contributed by atoms with Crippen LogP contribution in [0, 0.1) is 0 Å². The van der Waals surface area contributed by atoms with Crippen molar-refractivity contribution in [2.75, 3.05) is 16.8 Å². The molecule has 2 rings (SSSR count). The van der Waals surface area contributed by atoms with Crippen LogP contribution in [-0.2, 0) is 10.8 Å². The summed E-state index contributed by atoms with van der Waals surface area (Å²) in [5.74, 6) is 3.04. The van der Waals surface area contributed by atoms with Crippen molar-refractivity contribution in [3.63, 3.8) is 0 Å². The van der Waals surface area contributed by atoms with E-state index in [4.69, 9.17) is 15.0 Å². The first kappa shape index (κ1) is 42.7. The summed E-state index contributed by atoms with van der Waals surface area (Å²) in [6, 6.07) is 4.11. The maximum atomic E-state index is 11.2. The van der Waals surface area contributed by atoms with Crippen molar-refractivity contribution in [2.24, 2.45) is 0 Å². The largest absolute Gasteiger partial charge is 0.507 e. The monoisotopic (exact) mass is 701 g/mol. The average Bonchev–Trinajstić information content (AvgIpc) is 3.02. The number of nitrogens with zero attached hydrogens (tertiary/aromatic N) is 3. The highest BCUT2D eigenvalue weighted by Crippen LogP contribution is 2.41. The van der Waals surface area contributed by atoms with Crippen molar-refractivity contribution in [3.05, 3.63) is 23.3 Å². The summed E-state index contributed by atoms with van der Waals surface area (Å²) in [5.41, 5.74) is 2.36. The molecule has 0 saturated carbocycles. The lowest BCUT2D eigenvalue weighted by atomic mass is 9.79. The van der Waals surface area contributed by atoms with Crippen molar-refractivity contribution in [1.82, 2.24) is 15.0 Å². The molecule has 0 saturated heterocycles. The van der Waals surface area contributed by atoms with Crippen LogP contribution >= 0.6 is 23.5 Å². The quantitative estimate of drug-likeness (QED) is 0.0575. The highest BCUT2D eigenvalue weighted by atomic mass is 32.2. The smallest absolute Gasteiger partial charge is 0.232 e. The number of hydrogen-bond donors (Lipinski definition) is 2. The molecule has 1 aromatic heterocycles. The van der Waals surface area contributed by atoms with Crippen molar-refractivity contribution < 1.29 is 5.11 Å². The first-order valence-corrected chi connectivity index (χ1v) is 21.6. The van der Waals surface area contributed by atoms with Gasteiger partial charge < -0.3 is 10.4 Å². The van der Waals surface area contributed by atoms with Gasteiger partial charge in [-0.2, -0.15) is 15.0 Å². The first-order valence-electron chi connectivity index (χ1n) is 19.6. The Morgan fingerprint density at radius 3 is 1.19 bits per heavy atom. The zero-order chi connectivity index (χ0) is 35.3. The summed E-state index contributed by atoms with van der Waals surface area (Å²) in [5, 5.41) is 16.4. The summed E-state index contributed by atoms with van der Waals surface area (Å²) in [6.07, 6.45) is 26.9. The highest BCUT2D eigenvalue weighted by molar-refractivity contribution is 7.99. The Bertz CT molecular complexity index is 1060. The fraction of sp³-hybridized carbons (Fsp3) is 0.780. The van der Waals surface area contributed by atoms with E-state index in [0.717, 1.165) is 38.6 Å². The molecule has 2 aromatic rings. The van der Waals surface area contributed by atoms with Crippen molar-refractivity contribution in [3.8, 4) is 5.75 Å². The molecule has 0 radical (unpaired) electrons. The molecule has 1 heterocycles. The predicted octanol–water partition coefficient (Wildman–Crippen LogP) is 13.9. The molecule has 0 aliphatic heterocycles. The van der Waals surface area contributed by atoms with Crippen molar-refractivity contribution in [1.29, 1.82) is 0 Å². The summed E-state index contributed by atoms with van der Waals surface area (Å²) >= 11 is 3.52. The Morgan fingerprint density at radius 2 is 0.854 bits per heavy atom. The van der Waals surface area contributed by atoms with Crippen LogP contribution in [0.2, 0.25) is 0 Å². The molecule has 1 aromatic carbocycles. The van der Waals surface area contributed by atoms with Gasteiger partial charge in [0.25, 0.3) is 0 Å². The lowest BCUT2D eigenvalue weighted by Crippen LogP contribution is -2.18. The number of anilines is 2. The summed E-state index contributed by atoms with van der Waals surface area (Å²) in [6.45, 7) is 17.4. The maximum absolute atomic E-state index is 11.2. The minimum Gasteiger partial charge on any atom is -0.507 e. The van der Waals surface area contributed by atoms with Crippen LogP contribution in [0.4, 0.5) is 11.6 Å². The molecule has 48 heavy (non-hydrogen) atoms. The van der Waals surface area contributed by atoms with Crippen LogP contribution < -0.4 is 5.32 Å². The minimum absolute atomic E-state index is 0.201. The lowest BCUT2D eigenvalue weighted by Gasteiger charge is -2.28. The number of phenolic OH excluding ortho intramolecular Hbond substituents is 1. The summed E-state index contributed by atoms with van der Waals surface area (Å²) in [7, 11) is 0. The van der Waals surface area contributed by atoms with Crippen LogP contribution in [0.1, 0.15) is 195 Å². The molecule has 0 bridgehead atoms. The van der Waals surface area contributed by atoms with Crippen LogP contribution in [0.25, 0.3) is 0 Å². The van der Waals surface area contributed by atoms with E-state index < -0.39 is 0 Å². The molecular formula is C41H72N4OS2. The number of hydrogen-bond acceptors (Lipinski definition) is 7. The Kier molecular flexibility index (Phi) is 21.2. The van der Waals surface area contributed by atoms with E-state index in [1.165, 1.54) is 128 Å². The minimum atomic E-state index is -0.201. The van der Waals surface area contributed by atoms with Crippen molar-refractivity contribution >= 4 is 35.2 Å². The number of nitrogens with one attached hydrogen (secondary N) is 1. The standard InChI is InChI=1S/C41H72N4OS2/c1-9-11-13-15-17-19-21-23-25-27-29-47-38-43-37(42-33-31-34(40(3,4)5)36(46)35(32-33)41(6,7)8)44-39(45-38)48-30-28-26-24-22-20-18-16-14-12-10-2/h31-32,46H,9-30H2,1-8H3,(H,42,43,44,45). The zero-order valence-electron chi connectivity index (χ0n) is 32.3. The van der Waals surface area contributed by atoms with Gasteiger partial charge in [0.1, 0.15) is 5.75 Å². The second-order valence-electron chi connectivity index (χ2n) is 15.8. The van der Waals surface area contributed by atoms with Crippen LogP contribution in [0.5, 0.6) is 5.75 Å². The SMILES string of the molecule is CCCCCCCCCCCCSc1nc(Nc2cc(C(C)(C)C)c(O)c(C(C)(C)C)c2)nc(SCCCCCCCCCCCC)n1. The number of unbranched alkanes of at least 4 members (excludes halogenated alkanes) is 18. The van der Waals surface area contributed by atoms with Gasteiger partial charge >= 0.3 is 0 Å². The molecule has 0 atom stereocenters. The van der Waals surface area contributed by atoms with E-state index in [2.05, 4.69) is 72.8 Å². The first-order chi connectivity index (χ1) is 23.0. The Morgan fingerprint density at radius 1 is 0.521 bits per heavy atom. The second kappa shape index (κ2) is 23.8. The van der Waals surface area contributed by atoms with E-state index in [1.807, 2.05) is 0 Å². The zero-order valence-corrected chi connectivity index (χ0v) is 33.9. The highest BCUT2D eigenvalue weighted by Gasteiger charge is 2.27. The fourth-order valence-corrected chi connectivity index (χ4v) is 7.73. The molecule has 0 aliphatic carbocycles. The number of phenols is 1. The van der Waals surface area contributed by atoms with Gasteiger partial charge in [-0.1, -0.05) is 194 Å². The number of thioether (sulfide) groups is 2. The van der Waals surface area contributed by atoms with E-state index in [9.17, 15) is 5.11 Å². The van der Waals surface area contributed by atoms with E-state index in [0.29, 0.717) is 11.7 Å². The van der Waals surface area contributed by atoms with E-state index in [-0.39, 0.29) is 10.8 Å². The molecule has 2 N–H and O–H groups in total. The van der Waals surface area contributed by atoms with Gasteiger partial charge in [0.2, 0.25) is 5.95 Å². The van der Waals surface area contributed by atoms with Crippen LogP contribution in [0.3, 0.4) is 0 Å². The molecule has 0 fully saturated rings. The van der Waals surface area contributed by atoms with Gasteiger partial charge in [-0.15, -0.1) is 0 Å². The van der Waals surface area contributed by atoms with E-state index in [1.54, 1.807) is 23.5 Å². The molecule has 0 spiro atoms. The molecule has 0 aliphatic rings. The molecule has 274 valence electrons. The van der Waals surface area contributed by atoms with Gasteiger partial charge in [-0.25, -0.2) is 0 Å². The van der Waals surface area contributed by atoms with Crippen LogP contribution in [0.15, 0.2) is 22.4 Å². The maximum Gasteiger partial charge on any atom is 0.232 e. The Hall–Kier alpha value is -1.47. The number of aromatic nitrogens is 3. The number of aromatic hydroxyl groups is 1. The Balaban J connectivity index is 2.02. The molecule has 5 nitrogen and oxygen atoms in total.